The largest absolute Gasteiger partial charge is 0.392 e. The zero-order chi connectivity index (χ0) is 13.0. The highest BCUT2D eigenvalue weighted by atomic mass is 16.3. The van der Waals surface area contributed by atoms with Crippen LogP contribution in [-0.2, 0) is 4.79 Å². The smallest absolute Gasteiger partial charge is 0.237 e. The van der Waals surface area contributed by atoms with Crippen molar-refractivity contribution in [3.63, 3.8) is 0 Å². The molecule has 104 valence electrons. The van der Waals surface area contributed by atoms with Gasteiger partial charge >= 0.3 is 0 Å². The molecule has 2 unspecified atom stereocenters. The molecule has 1 saturated carbocycles. The van der Waals surface area contributed by atoms with Crippen molar-refractivity contribution in [1.82, 2.24) is 15.5 Å². The van der Waals surface area contributed by atoms with Crippen LogP contribution in [0.5, 0.6) is 0 Å². The van der Waals surface area contributed by atoms with E-state index in [4.69, 9.17) is 0 Å². The van der Waals surface area contributed by atoms with Crippen molar-refractivity contribution in [3.8, 4) is 0 Å². The summed E-state index contributed by atoms with van der Waals surface area (Å²) in [4.78, 5) is 14.1. The normalized spacial score (nSPS) is 29.1. The zero-order valence-corrected chi connectivity index (χ0v) is 11.2. The Labute approximate surface area is 109 Å². The van der Waals surface area contributed by atoms with Crippen LogP contribution < -0.4 is 10.6 Å². The molecule has 5 nitrogen and oxygen atoms in total. The fourth-order valence-electron chi connectivity index (χ4n) is 2.92. The van der Waals surface area contributed by atoms with Crippen molar-refractivity contribution in [2.24, 2.45) is 0 Å². The number of carbonyl (C=O) groups excluding carboxylic acids is 1. The highest BCUT2D eigenvalue weighted by Crippen LogP contribution is 2.21. The molecule has 5 heteroatoms. The van der Waals surface area contributed by atoms with E-state index in [1.54, 1.807) is 0 Å². The summed E-state index contributed by atoms with van der Waals surface area (Å²) < 4.78 is 0. The predicted molar refractivity (Wildman–Crippen MR) is 70.3 cm³/mol. The maximum atomic E-state index is 11.8. The highest BCUT2D eigenvalue weighted by Gasteiger charge is 2.27. The number of aliphatic hydroxyl groups is 1. The number of hydrogen-bond acceptors (Lipinski definition) is 4. The van der Waals surface area contributed by atoms with Gasteiger partial charge in [0.15, 0.2) is 0 Å². The lowest BCUT2D eigenvalue weighted by Gasteiger charge is -2.24. The Morgan fingerprint density at radius 1 is 1.44 bits per heavy atom. The van der Waals surface area contributed by atoms with E-state index in [0.29, 0.717) is 25.6 Å². The van der Waals surface area contributed by atoms with Crippen molar-refractivity contribution in [2.45, 2.75) is 50.3 Å². The molecule has 0 aromatic carbocycles. The first kappa shape index (κ1) is 13.8. The number of hydrogen-bond donors (Lipinski definition) is 3. The quantitative estimate of drug-likeness (QED) is 0.631. The molecule has 0 aromatic rings. The third kappa shape index (κ3) is 3.67. The standard InChI is InChI=1S/C13H25N3O2/c1-16(10-4-2-3-5-10)7-6-14-13(18)12-8-11(17)9-15-12/h10-12,15,17H,2-9H2,1H3,(H,14,18). The van der Waals surface area contributed by atoms with Gasteiger partial charge in [0.1, 0.15) is 0 Å². The molecule has 1 saturated heterocycles. The molecular weight excluding hydrogens is 230 g/mol. The van der Waals surface area contributed by atoms with E-state index in [0.717, 1.165) is 6.54 Å². The van der Waals surface area contributed by atoms with Gasteiger partial charge in [-0.2, -0.15) is 0 Å². The zero-order valence-electron chi connectivity index (χ0n) is 11.2. The fourth-order valence-corrected chi connectivity index (χ4v) is 2.92. The van der Waals surface area contributed by atoms with Crippen LogP contribution in [0.1, 0.15) is 32.1 Å². The SMILES string of the molecule is CN(CCNC(=O)C1CC(O)CN1)C1CCCC1. The van der Waals surface area contributed by atoms with Crippen LogP contribution in [0, 0.1) is 0 Å². The molecule has 3 N–H and O–H groups in total. The van der Waals surface area contributed by atoms with Crippen LogP contribution in [0.3, 0.4) is 0 Å². The van der Waals surface area contributed by atoms with E-state index < -0.39 is 0 Å². The topological polar surface area (TPSA) is 64.6 Å². The predicted octanol–water partition coefficient (Wildman–Crippen LogP) is -0.300. The molecule has 1 aliphatic heterocycles. The minimum atomic E-state index is -0.373. The molecule has 1 heterocycles. The van der Waals surface area contributed by atoms with Gasteiger partial charge in [-0.1, -0.05) is 12.8 Å². The number of nitrogens with zero attached hydrogens (tertiary/aromatic N) is 1. The summed E-state index contributed by atoms with van der Waals surface area (Å²) in [5.74, 6) is 0.0198. The van der Waals surface area contributed by atoms with Crippen LogP contribution in [0.15, 0.2) is 0 Å². The van der Waals surface area contributed by atoms with Crippen molar-refractivity contribution in [3.05, 3.63) is 0 Å². The van der Waals surface area contributed by atoms with E-state index in [9.17, 15) is 9.90 Å². The number of amides is 1. The lowest BCUT2D eigenvalue weighted by atomic mass is 10.2. The van der Waals surface area contributed by atoms with Crippen molar-refractivity contribution >= 4 is 5.91 Å². The molecule has 0 bridgehead atoms. The summed E-state index contributed by atoms with van der Waals surface area (Å²) in [6.07, 6.45) is 5.42. The molecule has 1 amide bonds. The fraction of sp³-hybridized carbons (Fsp3) is 0.923. The summed E-state index contributed by atoms with van der Waals surface area (Å²) in [5.41, 5.74) is 0. The summed E-state index contributed by atoms with van der Waals surface area (Å²) >= 11 is 0. The van der Waals surface area contributed by atoms with Crippen LogP contribution >= 0.6 is 0 Å². The Bertz CT molecular complexity index is 279. The first-order valence-corrected chi connectivity index (χ1v) is 7.06. The van der Waals surface area contributed by atoms with E-state index >= 15 is 0 Å². The van der Waals surface area contributed by atoms with Gasteiger partial charge in [-0.15, -0.1) is 0 Å². The lowest BCUT2D eigenvalue weighted by Crippen LogP contribution is -2.44. The average molecular weight is 255 g/mol. The molecule has 18 heavy (non-hydrogen) atoms. The van der Waals surface area contributed by atoms with Crippen molar-refractivity contribution in [2.75, 3.05) is 26.7 Å². The summed E-state index contributed by atoms with van der Waals surface area (Å²) in [6, 6.07) is 0.491. The van der Waals surface area contributed by atoms with Gasteiger partial charge in [-0.05, 0) is 26.3 Å². The van der Waals surface area contributed by atoms with Gasteiger partial charge in [0.05, 0.1) is 12.1 Å². The van der Waals surface area contributed by atoms with Gasteiger partial charge in [0.25, 0.3) is 0 Å². The second kappa shape index (κ2) is 6.50. The van der Waals surface area contributed by atoms with Gasteiger partial charge in [0, 0.05) is 25.7 Å². The molecule has 0 spiro atoms. The van der Waals surface area contributed by atoms with Gasteiger partial charge in [-0.3, -0.25) is 4.79 Å². The number of carbonyl (C=O) groups is 1. The molecule has 2 aliphatic rings. The third-order valence-corrected chi connectivity index (χ3v) is 4.14. The highest BCUT2D eigenvalue weighted by molar-refractivity contribution is 5.82. The van der Waals surface area contributed by atoms with Gasteiger partial charge in [0.2, 0.25) is 5.91 Å². The van der Waals surface area contributed by atoms with Crippen molar-refractivity contribution < 1.29 is 9.90 Å². The van der Waals surface area contributed by atoms with Gasteiger partial charge < -0.3 is 20.6 Å². The molecule has 0 radical (unpaired) electrons. The van der Waals surface area contributed by atoms with Crippen LogP contribution in [0.25, 0.3) is 0 Å². The minimum Gasteiger partial charge on any atom is -0.392 e. The molecule has 2 fully saturated rings. The molecule has 0 aromatic heterocycles. The Morgan fingerprint density at radius 3 is 2.78 bits per heavy atom. The van der Waals surface area contributed by atoms with Crippen LogP contribution in [-0.4, -0.2) is 60.8 Å². The van der Waals surface area contributed by atoms with E-state index in [1.807, 2.05) is 0 Å². The Balaban J connectivity index is 1.61. The second-order valence-electron chi connectivity index (χ2n) is 5.56. The number of β-amino-alcohol motifs (C(OH)–C–C–N with tert-alkyl or cyclic N) is 1. The molecule has 1 aliphatic carbocycles. The second-order valence-corrected chi connectivity index (χ2v) is 5.56. The Morgan fingerprint density at radius 2 is 2.17 bits per heavy atom. The monoisotopic (exact) mass is 255 g/mol. The number of nitrogens with one attached hydrogen (secondary N) is 2. The van der Waals surface area contributed by atoms with Crippen molar-refractivity contribution in [1.29, 1.82) is 0 Å². The van der Waals surface area contributed by atoms with Crippen LogP contribution in [0.4, 0.5) is 0 Å². The lowest BCUT2D eigenvalue weighted by molar-refractivity contribution is -0.123. The van der Waals surface area contributed by atoms with E-state index in [-0.39, 0.29) is 18.1 Å². The molecular formula is C13H25N3O2. The first-order valence-electron chi connectivity index (χ1n) is 7.06. The summed E-state index contributed by atoms with van der Waals surface area (Å²) in [6.45, 7) is 2.13. The van der Waals surface area contributed by atoms with E-state index in [1.165, 1.54) is 25.7 Å². The first-order chi connectivity index (χ1) is 8.66. The maximum absolute atomic E-state index is 11.8. The number of aliphatic hydroxyl groups excluding tert-OH is 1. The Kier molecular flexibility index (Phi) is 4.97. The molecule has 2 atom stereocenters. The van der Waals surface area contributed by atoms with Gasteiger partial charge in [-0.25, -0.2) is 0 Å². The average Bonchev–Trinajstić information content (AvgIpc) is 2.99. The minimum absolute atomic E-state index is 0.0198. The summed E-state index contributed by atoms with van der Waals surface area (Å²) in [5, 5.41) is 15.3. The summed E-state index contributed by atoms with van der Waals surface area (Å²) in [7, 11) is 2.14. The maximum Gasteiger partial charge on any atom is 0.237 e. The molecule has 2 rings (SSSR count). The third-order valence-electron chi connectivity index (χ3n) is 4.14. The van der Waals surface area contributed by atoms with E-state index in [2.05, 4.69) is 22.6 Å². The Hall–Kier alpha value is -0.650. The number of likely N-dealkylation sites (N-methyl/N-ethyl adjacent to an activating group) is 1. The number of rotatable bonds is 5. The van der Waals surface area contributed by atoms with Crippen LogP contribution in [0.2, 0.25) is 0 Å².